The number of benzene rings is 3. The predicted molar refractivity (Wildman–Crippen MR) is 122 cm³/mol. The van der Waals surface area contributed by atoms with Gasteiger partial charge in [-0.15, -0.1) is 0 Å². The molecule has 33 heavy (non-hydrogen) atoms. The zero-order chi connectivity index (χ0) is 22.8. The Morgan fingerprint density at radius 3 is 2.30 bits per heavy atom. The van der Waals surface area contributed by atoms with Gasteiger partial charge in [0.2, 0.25) is 11.7 Å². The Bertz CT molecular complexity index is 1300. The molecule has 1 aliphatic heterocycles. The third-order valence-corrected chi connectivity index (χ3v) is 5.90. The highest BCUT2D eigenvalue weighted by Gasteiger charge is 2.52. The lowest BCUT2D eigenvalue weighted by Gasteiger charge is -2.27. The molecule has 1 fully saturated rings. The number of imide groups is 1. The summed E-state index contributed by atoms with van der Waals surface area (Å²) in [6.45, 7) is 1.85. The summed E-state index contributed by atoms with van der Waals surface area (Å²) in [5.41, 5.74) is 2.30. The highest BCUT2D eigenvalue weighted by molar-refractivity contribution is 6.07. The van der Waals surface area contributed by atoms with Crippen LogP contribution in [0.1, 0.15) is 22.6 Å². The Labute approximate surface area is 191 Å². The molecule has 2 heterocycles. The van der Waals surface area contributed by atoms with Gasteiger partial charge in [0.25, 0.3) is 5.91 Å². The van der Waals surface area contributed by atoms with Crippen molar-refractivity contribution in [3.8, 4) is 11.4 Å². The van der Waals surface area contributed by atoms with Crippen molar-refractivity contribution in [2.45, 2.75) is 25.4 Å². The summed E-state index contributed by atoms with van der Waals surface area (Å²) in [5.74, 6) is 0.271. The number of hydrogen-bond acceptors (Lipinski definition) is 5. The summed E-state index contributed by atoms with van der Waals surface area (Å²) in [6, 6.07) is 26.1. The molecule has 1 saturated heterocycles. The maximum absolute atomic E-state index is 13.7. The maximum Gasteiger partial charge on any atom is 0.325 e. The first-order chi connectivity index (χ1) is 16.1. The monoisotopic (exact) mass is 438 g/mol. The van der Waals surface area contributed by atoms with Crippen molar-refractivity contribution in [3.05, 3.63) is 108 Å². The Kier molecular flexibility index (Phi) is 5.22. The number of aromatic nitrogens is 2. The van der Waals surface area contributed by atoms with E-state index in [4.69, 9.17) is 4.52 Å². The van der Waals surface area contributed by atoms with Crippen LogP contribution in [-0.2, 0) is 23.3 Å². The largest absolute Gasteiger partial charge is 0.337 e. The molecule has 0 saturated carbocycles. The second-order valence-corrected chi connectivity index (χ2v) is 8.08. The van der Waals surface area contributed by atoms with E-state index in [-0.39, 0.29) is 18.3 Å². The van der Waals surface area contributed by atoms with Crippen LogP contribution in [0.3, 0.4) is 0 Å². The van der Waals surface area contributed by atoms with Gasteiger partial charge in [0.15, 0.2) is 5.54 Å². The van der Waals surface area contributed by atoms with E-state index in [1.807, 2.05) is 91.9 Å². The molecule has 1 N–H and O–H groups in total. The summed E-state index contributed by atoms with van der Waals surface area (Å²) >= 11 is 0. The highest BCUT2D eigenvalue weighted by Crippen LogP contribution is 2.34. The van der Waals surface area contributed by atoms with Gasteiger partial charge in [-0.05, 0) is 23.6 Å². The SMILES string of the molecule is Cc1ccccc1-c1noc(CN2C(=O)N[C@](Cc3ccccc3)(c3ccccc3)C2=O)n1. The van der Waals surface area contributed by atoms with Crippen LogP contribution in [0, 0.1) is 6.92 Å². The quantitative estimate of drug-likeness (QED) is 0.455. The van der Waals surface area contributed by atoms with Crippen molar-refractivity contribution in [2.24, 2.45) is 0 Å². The van der Waals surface area contributed by atoms with Crippen molar-refractivity contribution in [3.63, 3.8) is 0 Å². The number of carbonyl (C=O) groups is 2. The van der Waals surface area contributed by atoms with Gasteiger partial charge in [0.05, 0.1) is 0 Å². The standard InChI is InChI=1S/C26H22N4O3/c1-18-10-8-9-15-21(18)23-27-22(33-29-23)17-30-24(31)26(28-25(30)32,20-13-6-3-7-14-20)16-19-11-4-2-5-12-19/h2-15H,16-17H2,1H3,(H,28,32)/t26-/m1/s1. The third-order valence-electron chi connectivity index (χ3n) is 5.90. The molecule has 0 unspecified atom stereocenters. The van der Waals surface area contributed by atoms with E-state index in [1.165, 1.54) is 0 Å². The number of amides is 3. The van der Waals surface area contributed by atoms with E-state index >= 15 is 0 Å². The molecular weight excluding hydrogens is 416 g/mol. The van der Waals surface area contributed by atoms with Gasteiger partial charge in [-0.3, -0.25) is 9.69 Å². The van der Waals surface area contributed by atoms with Crippen molar-refractivity contribution in [1.29, 1.82) is 0 Å². The molecule has 4 aromatic rings. The number of rotatable bonds is 6. The number of nitrogens with zero attached hydrogens (tertiary/aromatic N) is 3. The van der Waals surface area contributed by atoms with Crippen LogP contribution in [0.4, 0.5) is 4.79 Å². The second kappa shape index (κ2) is 8.35. The fourth-order valence-corrected chi connectivity index (χ4v) is 4.20. The summed E-state index contributed by atoms with van der Waals surface area (Å²) in [5, 5.41) is 6.99. The van der Waals surface area contributed by atoms with Crippen LogP contribution < -0.4 is 5.32 Å². The Balaban J connectivity index is 1.46. The lowest BCUT2D eigenvalue weighted by Crippen LogP contribution is -2.46. The molecule has 1 atom stereocenters. The van der Waals surface area contributed by atoms with Crippen LogP contribution in [0.15, 0.2) is 89.5 Å². The normalized spacial score (nSPS) is 17.9. The smallest absolute Gasteiger partial charge is 0.325 e. The first-order valence-electron chi connectivity index (χ1n) is 10.7. The van der Waals surface area contributed by atoms with E-state index in [0.29, 0.717) is 12.2 Å². The van der Waals surface area contributed by atoms with Gasteiger partial charge in [0.1, 0.15) is 6.54 Å². The lowest BCUT2D eigenvalue weighted by atomic mass is 9.83. The Morgan fingerprint density at radius 1 is 0.909 bits per heavy atom. The lowest BCUT2D eigenvalue weighted by molar-refractivity contribution is -0.132. The van der Waals surface area contributed by atoms with Crippen molar-refractivity contribution in [1.82, 2.24) is 20.4 Å². The number of hydrogen-bond donors (Lipinski definition) is 1. The molecule has 7 nitrogen and oxygen atoms in total. The molecule has 164 valence electrons. The average molecular weight is 438 g/mol. The minimum absolute atomic E-state index is 0.104. The summed E-state index contributed by atoms with van der Waals surface area (Å²) in [6.07, 6.45) is 0.331. The van der Waals surface area contributed by atoms with Gasteiger partial charge in [-0.1, -0.05) is 90.1 Å². The summed E-state index contributed by atoms with van der Waals surface area (Å²) in [4.78, 5) is 32.3. The van der Waals surface area contributed by atoms with Crippen LogP contribution >= 0.6 is 0 Å². The average Bonchev–Trinajstić information content (AvgIpc) is 3.40. The second-order valence-electron chi connectivity index (χ2n) is 8.08. The molecule has 7 heteroatoms. The van der Waals surface area contributed by atoms with Gasteiger partial charge < -0.3 is 9.84 Å². The van der Waals surface area contributed by atoms with E-state index < -0.39 is 11.6 Å². The maximum atomic E-state index is 13.7. The van der Waals surface area contributed by atoms with Crippen LogP contribution in [0.5, 0.6) is 0 Å². The van der Waals surface area contributed by atoms with Crippen LogP contribution in [0.25, 0.3) is 11.4 Å². The van der Waals surface area contributed by atoms with Gasteiger partial charge in [-0.2, -0.15) is 4.98 Å². The first kappa shape index (κ1) is 20.6. The van der Waals surface area contributed by atoms with E-state index in [0.717, 1.165) is 27.2 Å². The van der Waals surface area contributed by atoms with E-state index in [9.17, 15) is 9.59 Å². The molecule has 0 radical (unpaired) electrons. The molecule has 0 bridgehead atoms. The molecule has 0 aliphatic carbocycles. The molecule has 5 rings (SSSR count). The zero-order valence-electron chi connectivity index (χ0n) is 18.1. The number of urea groups is 1. The van der Waals surface area contributed by atoms with Crippen LogP contribution in [0.2, 0.25) is 0 Å². The van der Waals surface area contributed by atoms with Crippen LogP contribution in [-0.4, -0.2) is 27.0 Å². The number of aryl methyl sites for hydroxylation is 1. The molecule has 0 spiro atoms. The van der Waals surface area contributed by atoms with Gasteiger partial charge in [0, 0.05) is 12.0 Å². The molecular formula is C26H22N4O3. The highest BCUT2D eigenvalue weighted by atomic mass is 16.5. The Hall–Kier alpha value is -4.26. The van der Waals surface area contributed by atoms with Gasteiger partial charge in [-0.25, -0.2) is 4.79 Å². The van der Waals surface area contributed by atoms with E-state index in [1.54, 1.807) is 0 Å². The number of nitrogens with one attached hydrogen (secondary N) is 1. The summed E-state index contributed by atoms with van der Waals surface area (Å²) < 4.78 is 5.39. The Morgan fingerprint density at radius 2 is 1.58 bits per heavy atom. The molecule has 1 aliphatic rings. The topological polar surface area (TPSA) is 88.3 Å². The van der Waals surface area contributed by atoms with Crippen molar-refractivity contribution in [2.75, 3.05) is 0 Å². The number of carbonyl (C=O) groups excluding carboxylic acids is 2. The fourth-order valence-electron chi connectivity index (χ4n) is 4.20. The predicted octanol–water partition coefficient (Wildman–Crippen LogP) is 4.24. The van der Waals surface area contributed by atoms with Gasteiger partial charge >= 0.3 is 6.03 Å². The molecule has 3 amide bonds. The third kappa shape index (κ3) is 3.78. The summed E-state index contributed by atoms with van der Waals surface area (Å²) in [7, 11) is 0. The molecule has 3 aromatic carbocycles. The van der Waals surface area contributed by atoms with Crippen molar-refractivity contribution >= 4 is 11.9 Å². The molecule has 1 aromatic heterocycles. The zero-order valence-corrected chi connectivity index (χ0v) is 18.1. The minimum Gasteiger partial charge on any atom is -0.337 e. The fraction of sp³-hybridized carbons (Fsp3) is 0.154. The first-order valence-corrected chi connectivity index (χ1v) is 10.7. The van der Waals surface area contributed by atoms with E-state index in [2.05, 4.69) is 15.5 Å². The van der Waals surface area contributed by atoms with Crippen molar-refractivity contribution < 1.29 is 14.1 Å². The minimum atomic E-state index is -1.21.